The Morgan fingerprint density at radius 2 is 1.11 bits per heavy atom. The van der Waals surface area contributed by atoms with Crippen LogP contribution in [0.2, 0.25) is 0 Å². The van der Waals surface area contributed by atoms with Gasteiger partial charge in [0.2, 0.25) is 0 Å². The quantitative estimate of drug-likeness (QED) is 0.163. The van der Waals surface area contributed by atoms with Crippen LogP contribution in [0.4, 0.5) is 0 Å². The summed E-state index contributed by atoms with van der Waals surface area (Å²) in [6.45, 7) is 6.37. The molecule has 1 nitrogen and oxygen atoms in total. The lowest BCUT2D eigenvalue weighted by Gasteiger charge is -2.22. The average molecular weight is 472 g/mol. The first kappa shape index (κ1) is 24.4. The van der Waals surface area contributed by atoms with Gasteiger partial charge in [0.05, 0.1) is 5.54 Å². The smallest absolute Gasteiger partial charge is 0.0524 e. The predicted octanol–water partition coefficient (Wildman–Crippen LogP) is 7.45. The molecule has 0 aliphatic carbocycles. The van der Waals surface area contributed by atoms with Gasteiger partial charge in [-0.25, -0.2) is 0 Å². The van der Waals surface area contributed by atoms with Crippen LogP contribution < -0.4 is 10.6 Å². The Morgan fingerprint density at radius 3 is 1.60 bits per heavy atom. The van der Waals surface area contributed by atoms with Gasteiger partial charge in [0.15, 0.2) is 0 Å². The highest BCUT2D eigenvalue weighted by Crippen LogP contribution is 2.46. The number of benzene rings is 4. The first-order chi connectivity index (χ1) is 17.0. The molecule has 35 heavy (non-hydrogen) atoms. The summed E-state index contributed by atoms with van der Waals surface area (Å²) in [6, 6.07) is 42.2. The molecule has 0 aliphatic heterocycles. The Bertz CT molecular complexity index is 1300. The lowest BCUT2D eigenvalue weighted by atomic mass is 10.1. The van der Waals surface area contributed by atoms with Gasteiger partial charge >= 0.3 is 0 Å². The van der Waals surface area contributed by atoms with Crippen LogP contribution in [0.3, 0.4) is 0 Å². The maximum Gasteiger partial charge on any atom is 0.0524 e. The van der Waals surface area contributed by atoms with Crippen LogP contribution in [0.15, 0.2) is 132 Å². The molecule has 0 N–H and O–H groups in total. The van der Waals surface area contributed by atoms with E-state index < -0.39 is 7.92 Å². The van der Waals surface area contributed by atoms with Crippen molar-refractivity contribution in [1.29, 1.82) is 0 Å². The number of rotatable bonds is 5. The monoisotopic (exact) mass is 471 g/mol. The van der Waals surface area contributed by atoms with Crippen molar-refractivity contribution in [2.24, 2.45) is 4.99 Å². The van der Waals surface area contributed by atoms with Crippen LogP contribution in [0.5, 0.6) is 0 Å². The van der Waals surface area contributed by atoms with E-state index in [1.165, 1.54) is 10.6 Å². The van der Waals surface area contributed by atoms with Crippen molar-refractivity contribution in [2.75, 3.05) is 0 Å². The summed E-state index contributed by atoms with van der Waals surface area (Å²) in [6.07, 6.45) is 2.03. The van der Waals surface area contributed by atoms with Gasteiger partial charge in [-0.05, 0) is 57.0 Å². The fourth-order valence-electron chi connectivity index (χ4n) is 3.61. The Labute approximate surface area is 211 Å². The SMILES string of the molecule is CC(C)(C)N=C/C(=C(/C#Cc1ccccc1)P(c1ccccc1)c1ccccc1)c1ccccc1. The fraction of sp³-hybridized carbons (Fsp3) is 0.121. The highest BCUT2D eigenvalue weighted by atomic mass is 31.1. The molecular formula is C33H30NP. The number of aliphatic imine (C=N–C) groups is 1. The van der Waals surface area contributed by atoms with E-state index in [0.717, 1.165) is 22.0 Å². The summed E-state index contributed by atoms with van der Waals surface area (Å²) >= 11 is 0. The maximum atomic E-state index is 4.94. The standard InChI is InChI=1S/C33H30NP/c1-33(2,3)34-26-31(28-18-10-5-11-19-28)32(25-24-27-16-8-4-9-17-27)35(29-20-12-6-13-21-29)30-22-14-7-15-23-30/h4-23,26H,1-3H3/b32-31+,34-26?. The minimum absolute atomic E-state index is 0.194. The molecule has 4 aromatic rings. The molecule has 4 aromatic carbocycles. The Kier molecular flexibility index (Phi) is 8.10. The molecule has 0 spiro atoms. The summed E-state index contributed by atoms with van der Waals surface area (Å²) in [5.41, 5.74) is 3.00. The zero-order valence-corrected chi connectivity index (χ0v) is 21.4. The molecule has 4 rings (SSSR count). The molecule has 0 radical (unpaired) electrons. The van der Waals surface area contributed by atoms with Crippen LogP contribution in [-0.2, 0) is 0 Å². The third-order valence-corrected chi connectivity index (χ3v) is 7.70. The molecule has 2 heteroatoms. The Hall–Kier alpha value is -3.72. The van der Waals surface area contributed by atoms with Crippen molar-refractivity contribution >= 4 is 30.3 Å². The minimum Gasteiger partial charge on any atom is -0.287 e. The molecule has 0 bridgehead atoms. The molecule has 0 heterocycles. The number of hydrogen-bond donors (Lipinski definition) is 0. The van der Waals surface area contributed by atoms with E-state index >= 15 is 0 Å². The van der Waals surface area contributed by atoms with Gasteiger partial charge in [0.1, 0.15) is 0 Å². The van der Waals surface area contributed by atoms with Gasteiger partial charge in [-0.3, -0.25) is 4.99 Å². The van der Waals surface area contributed by atoms with Crippen LogP contribution >= 0.6 is 7.92 Å². The number of allylic oxidation sites excluding steroid dienone is 2. The summed E-state index contributed by atoms with van der Waals surface area (Å²) in [5.74, 6) is 7.09. The van der Waals surface area contributed by atoms with E-state index in [0.29, 0.717) is 0 Å². The molecule has 0 amide bonds. The first-order valence-electron chi connectivity index (χ1n) is 11.8. The minimum atomic E-state index is -0.906. The lowest BCUT2D eigenvalue weighted by molar-refractivity contribution is 0.587. The van der Waals surface area contributed by atoms with Crippen LogP contribution in [0.25, 0.3) is 5.57 Å². The van der Waals surface area contributed by atoms with Crippen molar-refractivity contribution in [1.82, 2.24) is 0 Å². The highest BCUT2D eigenvalue weighted by Gasteiger charge is 2.22. The molecule has 0 unspecified atom stereocenters. The van der Waals surface area contributed by atoms with E-state index in [4.69, 9.17) is 4.99 Å². The molecule has 0 aliphatic rings. The predicted molar refractivity (Wildman–Crippen MR) is 154 cm³/mol. The molecule has 172 valence electrons. The third-order valence-electron chi connectivity index (χ3n) is 5.27. The van der Waals surface area contributed by atoms with E-state index in [2.05, 4.69) is 136 Å². The van der Waals surface area contributed by atoms with Gasteiger partial charge in [0.25, 0.3) is 0 Å². The lowest BCUT2D eigenvalue weighted by Crippen LogP contribution is -2.14. The second kappa shape index (κ2) is 11.6. The largest absolute Gasteiger partial charge is 0.287 e. The van der Waals surface area contributed by atoms with Crippen molar-refractivity contribution in [2.45, 2.75) is 26.3 Å². The van der Waals surface area contributed by atoms with Crippen molar-refractivity contribution in [3.05, 3.63) is 138 Å². The molecule has 0 fully saturated rings. The molecule has 0 atom stereocenters. The fourth-order valence-corrected chi connectivity index (χ4v) is 5.96. The number of hydrogen-bond acceptors (Lipinski definition) is 1. The number of nitrogens with zero attached hydrogens (tertiary/aromatic N) is 1. The summed E-state index contributed by atoms with van der Waals surface area (Å²) in [7, 11) is -0.906. The summed E-state index contributed by atoms with van der Waals surface area (Å²) in [4.78, 5) is 4.94. The zero-order chi connectivity index (χ0) is 24.5. The van der Waals surface area contributed by atoms with E-state index in [-0.39, 0.29) is 5.54 Å². The van der Waals surface area contributed by atoms with Crippen molar-refractivity contribution in [3.8, 4) is 11.8 Å². The molecule has 0 saturated heterocycles. The van der Waals surface area contributed by atoms with Crippen molar-refractivity contribution in [3.63, 3.8) is 0 Å². The molecule has 0 aromatic heterocycles. The van der Waals surface area contributed by atoms with Gasteiger partial charge in [-0.2, -0.15) is 0 Å². The Morgan fingerprint density at radius 1 is 0.657 bits per heavy atom. The van der Waals surface area contributed by atoms with Crippen LogP contribution in [-0.4, -0.2) is 11.8 Å². The van der Waals surface area contributed by atoms with E-state index in [1.807, 2.05) is 24.4 Å². The zero-order valence-electron chi connectivity index (χ0n) is 20.5. The summed E-state index contributed by atoms with van der Waals surface area (Å²) < 4.78 is 0. The van der Waals surface area contributed by atoms with E-state index in [9.17, 15) is 0 Å². The van der Waals surface area contributed by atoms with Crippen molar-refractivity contribution < 1.29 is 0 Å². The topological polar surface area (TPSA) is 12.4 Å². The van der Waals surface area contributed by atoms with Crippen LogP contribution in [0, 0.1) is 11.8 Å². The normalized spacial score (nSPS) is 12.2. The van der Waals surface area contributed by atoms with Gasteiger partial charge < -0.3 is 0 Å². The van der Waals surface area contributed by atoms with Gasteiger partial charge in [-0.15, -0.1) is 0 Å². The first-order valence-corrected chi connectivity index (χ1v) is 13.2. The van der Waals surface area contributed by atoms with Gasteiger partial charge in [-0.1, -0.05) is 121 Å². The van der Waals surface area contributed by atoms with E-state index in [1.54, 1.807) is 0 Å². The third kappa shape index (κ3) is 6.89. The second-order valence-corrected chi connectivity index (χ2v) is 11.3. The van der Waals surface area contributed by atoms with Gasteiger partial charge in [0, 0.05) is 22.7 Å². The average Bonchev–Trinajstić information content (AvgIpc) is 2.89. The highest BCUT2D eigenvalue weighted by molar-refractivity contribution is 7.77. The second-order valence-electron chi connectivity index (χ2n) is 9.18. The molecule has 0 saturated carbocycles. The summed E-state index contributed by atoms with van der Waals surface area (Å²) in [5, 5.41) is 3.63. The van der Waals surface area contributed by atoms with Crippen LogP contribution in [0.1, 0.15) is 31.9 Å². The maximum absolute atomic E-state index is 4.94. The Balaban J connectivity index is 2.05. The molecular weight excluding hydrogens is 441 g/mol.